The first-order valence-electron chi connectivity index (χ1n) is 6.53. The van der Waals surface area contributed by atoms with Crippen LogP contribution in [0, 0.1) is 0 Å². The van der Waals surface area contributed by atoms with Crippen molar-refractivity contribution in [3.05, 3.63) is 28.2 Å². The minimum Gasteiger partial charge on any atom is -0.480 e. The van der Waals surface area contributed by atoms with Gasteiger partial charge in [-0.05, 0) is 30.2 Å². The van der Waals surface area contributed by atoms with Crippen LogP contribution in [0.4, 0.5) is 10.5 Å². The Hall–Kier alpha value is -1.60. The number of nitrogens with one attached hydrogen (secondary N) is 1. The second-order valence-electron chi connectivity index (χ2n) is 4.39. The maximum atomic E-state index is 12.2. The van der Waals surface area contributed by atoms with Crippen molar-refractivity contribution in [3.63, 3.8) is 0 Å². The second-order valence-corrected chi connectivity index (χ2v) is 5.31. The zero-order valence-corrected chi connectivity index (χ0v) is 13.6. The molecule has 0 radical (unpaired) electrons. The van der Waals surface area contributed by atoms with Gasteiger partial charge in [0.1, 0.15) is 6.54 Å². The van der Waals surface area contributed by atoms with Crippen LogP contribution in [0.3, 0.4) is 0 Å². The average Bonchev–Trinajstić information content (AvgIpc) is 2.44. The van der Waals surface area contributed by atoms with Gasteiger partial charge in [-0.2, -0.15) is 0 Å². The molecule has 0 unspecified atom stereocenters. The van der Waals surface area contributed by atoms with Gasteiger partial charge in [-0.15, -0.1) is 0 Å². The molecule has 1 rings (SSSR count). The van der Waals surface area contributed by atoms with E-state index in [0.29, 0.717) is 5.69 Å². The number of rotatable bonds is 7. The molecule has 0 aliphatic rings. The van der Waals surface area contributed by atoms with E-state index in [9.17, 15) is 9.59 Å². The number of anilines is 1. The molecule has 0 bridgehead atoms. The molecule has 0 heterocycles. The molecule has 0 aromatic heterocycles. The summed E-state index contributed by atoms with van der Waals surface area (Å²) in [4.78, 5) is 24.2. The molecule has 0 spiro atoms. The number of hydrogen-bond donors (Lipinski definition) is 2. The first kappa shape index (κ1) is 17.5. The van der Waals surface area contributed by atoms with Gasteiger partial charge in [-0.25, -0.2) is 4.79 Å². The van der Waals surface area contributed by atoms with Gasteiger partial charge < -0.3 is 20.1 Å². The number of benzene rings is 1. The highest BCUT2D eigenvalue weighted by Gasteiger charge is 2.17. The molecule has 0 saturated carbocycles. The molecule has 0 saturated heterocycles. The normalized spacial score (nSPS) is 10.2. The van der Waals surface area contributed by atoms with Crippen LogP contribution in [0.15, 0.2) is 22.7 Å². The van der Waals surface area contributed by atoms with Crippen molar-refractivity contribution in [2.24, 2.45) is 0 Å². The number of amides is 2. The summed E-state index contributed by atoms with van der Waals surface area (Å²) in [5.74, 6) is -1.06. The van der Waals surface area contributed by atoms with Crippen LogP contribution in [-0.4, -0.2) is 48.8 Å². The number of urea groups is 1. The Morgan fingerprint density at radius 3 is 2.71 bits per heavy atom. The number of methoxy groups -OCH3 is 1. The van der Waals surface area contributed by atoms with E-state index in [1.54, 1.807) is 6.07 Å². The number of carboxylic acids is 1. The summed E-state index contributed by atoms with van der Waals surface area (Å²) in [6.07, 6.45) is 0.756. The molecular weight excluding hydrogens is 340 g/mol. The van der Waals surface area contributed by atoms with E-state index in [1.807, 2.05) is 19.1 Å². The number of carbonyl (C=O) groups is 2. The second kappa shape index (κ2) is 8.63. The molecule has 2 N–H and O–H groups in total. The van der Waals surface area contributed by atoms with Crippen molar-refractivity contribution >= 4 is 33.6 Å². The highest BCUT2D eigenvalue weighted by molar-refractivity contribution is 9.10. The number of carboxylic acid groups (broad SMARTS) is 1. The van der Waals surface area contributed by atoms with Crippen molar-refractivity contribution in [1.82, 2.24) is 4.90 Å². The van der Waals surface area contributed by atoms with Crippen LogP contribution in [0.5, 0.6) is 0 Å². The Balaban J connectivity index is 2.82. The van der Waals surface area contributed by atoms with Gasteiger partial charge >= 0.3 is 12.0 Å². The molecule has 21 heavy (non-hydrogen) atoms. The zero-order chi connectivity index (χ0) is 15.8. The van der Waals surface area contributed by atoms with Gasteiger partial charge in [0.15, 0.2) is 0 Å². The van der Waals surface area contributed by atoms with E-state index in [4.69, 9.17) is 9.84 Å². The molecular formula is C14H19BrN2O4. The predicted octanol–water partition coefficient (Wildman–Crippen LogP) is 2.58. The highest BCUT2D eigenvalue weighted by Crippen LogP contribution is 2.21. The maximum Gasteiger partial charge on any atom is 0.323 e. The largest absolute Gasteiger partial charge is 0.480 e. The molecule has 0 aliphatic carbocycles. The fraction of sp³-hybridized carbons (Fsp3) is 0.429. The minimum absolute atomic E-state index is 0.215. The van der Waals surface area contributed by atoms with E-state index in [-0.39, 0.29) is 19.7 Å². The standard InChI is InChI=1S/C14H19BrN2O4/c1-3-10-8-11(15)4-5-12(10)16-14(20)17(6-7-21-2)9-13(18)19/h4-5,8H,3,6-7,9H2,1-2H3,(H,16,20)(H,18,19). The molecule has 1 aromatic carbocycles. The van der Waals surface area contributed by atoms with Gasteiger partial charge in [0, 0.05) is 23.8 Å². The lowest BCUT2D eigenvalue weighted by Gasteiger charge is -2.21. The van der Waals surface area contributed by atoms with Crippen LogP contribution in [0.25, 0.3) is 0 Å². The lowest BCUT2D eigenvalue weighted by Crippen LogP contribution is -2.40. The molecule has 0 aliphatic heterocycles. The van der Waals surface area contributed by atoms with E-state index in [1.165, 1.54) is 12.0 Å². The van der Waals surface area contributed by atoms with Gasteiger partial charge in [0.25, 0.3) is 0 Å². The molecule has 6 nitrogen and oxygen atoms in total. The SMILES string of the molecule is CCc1cc(Br)ccc1NC(=O)N(CCOC)CC(=O)O. The molecule has 2 amide bonds. The number of halogens is 1. The smallest absolute Gasteiger partial charge is 0.323 e. The Kier molecular flexibility index (Phi) is 7.18. The third-order valence-corrected chi connectivity index (χ3v) is 3.36. The van der Waals surface area contributed by atoms with Crippen molar-refractivity contribution in [2.45, 2.75) is 13.3 Å². The summed E-state index contributed by atoms with van der Waals surface area (Å²) in [5.41, 5.74) is 1.65. The number of ether oxygens (including phenoxy) is 1. The number of carbonyl (C=O) groups excluding carboxylic acids is 1. The summed E-state index contributed by atoms with van der Waals surface area (Å²) in [6.45, 7) is 2.11. The summed E-state index contributed by atoms with van der Waals surface area (Å²) in [5, 5.41) is 11.6. The summed E-state index contributed by atoms with van der Waals surface area (Å²) >= 11 is 3.38. The first-order chi connectivity index (χ1) is 9.97. The maximum absolute atomic E-state index is 12.2. The minimum atomic E-state index is -1.06. The Labute approximate surface area is 132 Å². The Morgan fingerprint density at radius 2 is 2.14 bits per heavy atom. The van der Waals surface area contributed by atoms with E-state index < -0.39 is 12.0 Å². The third-order valence-electron chi connectivity index (χ3n) is 2.87. The lowest BCUT2D eigenvalue weighted by atomic mass is 10.1. The Bertz CT molecular complexity index is 508. The van der Waals surface area contributed by atoms with Crippen LogP contribution in [0.1, 0.15) is 12.5 Å². The quantitative estimate of drug-likeness (QED) is 0.784. The summed E-state index contributed by atoms with van der Waals surface area (Å²) in [6, 6.07) is 5.08. The van der Waals surface area contributed by atoms with Gasteiger partial charge in [-0.3, -0.25) is 4.79 Å². The van der Waals surface area contributed by atoms with Crippen molar-refractivity contribution in [3.8, 4) is 0 Å². The molecule has 1 aromatic rings. The molecule has 7 heteroatoms. The van der Waals surface area contributed by atoms with Crippen molar-refractivity contribution in [1.29, 1.82) is 0 Å². The number of aryl methyl sites for hydroxylation is 1. The first-order valence-corrected chi connectivity index (χ1v) is 7.32. The van der Waals surface area contributed by atoms with Gasteiger partial charge in [0.05, 0.1) is 6.61 Å². The fourth-order valence-electron chi connectivity index (χ4n) is 1.79. The highest BCUT2D eigenvalue weighted by atomic mass is 79.9. The number of aliphatic carboxylic acids is 1. The average molecular weight is 359 g/mol. The van der Waals surface area contributed by atoms with Crippen LogP contribution in [0.2, 0.25) is 0 Å². The summed E-state index contributed by atoms with van der Waals surface area (Å²) in [7, 11) is 1.50. The molecule has 116 valence electrons. The van der Waals surface area contributed by atoms with Crippen molar-refractivity contribution < 1.29 is 19.4 Å². The third kappa shape index (κ3) is 5.73. The van der Waals surface area contributed by atoms with Crippen molar-refractivity contribution in [2.75, 3.05) is 32.1 Å². The summed E-state index contributed by atoms with van der Waals surface area (Å²) < 4.78 is 5.82. The zero-order valence-electron chi connectivity index (χ0n) is 12.1. The van der Waals surface area contributed by atoms with Gasteiger partial charge in [-0.1, -0.05) is 22.9 Å². The molecule has 0 atom stereocenters. The molecule has 0 fully saturated rings. The van der Waals surface area contributed by atoms with Gasteiger partial charge in [0.2, 0.25) is 0 Å². The number of nitrogens with zero attached hydrogens (tertiary/aromatic N) is 1. The van der Waals surface area contributed by atoms with Crippen LogP contribution in [-0.2, 0) is 16.0 Å². The fourth-order valence-corrected chi connectivity index (χ4v) is 2.20. The monoisotopic (exact) mass is 358 g/mol. The van der Waals surface area contributed by atoms with Crippen LogP contribution < -0.4 is 5.32 Å². The van der Waals surface area contributed by atoms with E-state index in [2.05, 4.69) is 21.2 Å². The van der Waals surface area contributed by atoms with E-state index in [0.717, 1.165) is 16.5 Å². The topological polar surface area (TPSA) is 78.9 Å². The number of hydrogen-bond acceptors (Lipinski definition) is 3. The van der Waals surface area contributed by atoms with E-state index >= 15 is 0 Å². The Morgan fingerprint density at radius 1 is 1.43 bits per heavy atom. The lowest BCUT2D eigenvalue weighted by molar-refractivity contribution is -0.137. The van der Waals surface area contributed by atoms with Crippen LogP contribution >= 0.6 is 15.9 Å². The predicted molar refractivity (Wildman–Crippen MR) is 83.6 cm³/mol.